The van der Waals surface area contributed by atoms with Crippen LogP contribution in [0.3, 0.4) is 0 Å². The maximum atomic E-state index is 15.5. The molecule has 0 N–H and O–H groups in total. The summed E-state index contributed by atoms with van der Waals surface area (Å²) in [4.78, 5) is 66.6. The second kappa shape index (κ2) is 24.2. The number of benzene rings is 7. The van der Waals surface area contributed by atoms with Gasteiger partial charge in [0.15, 0.2) is 0 Å². The first kappa shape index (κ1) is 51.7. The van der Waals surface area contributed by atoms with Crippen molar-refractivity contribution in [3.05, 3.63) is 130 Å². The standard InChI is InChI=1S/C64H74N2O4S2/c1-5-9-13-23-31-45(32-24-14-10-6-2)65-61(67)49-37-35-47-55-48(36-38-50(56(49)55)62(65)68)59-54(72-42-44-29-21-18-22-30-44)40-52-57-51(39-53(58(47)60(57)59)71-41-43-27-19-17-20-28-43)63(69)66(64(52)70)46(33-25-15-11-7-3)34-26-16-12-8-4/h17-22,27-30,35-40,45-46H,5-16,23-26,31-34,41-42H2,1-4H3. The number of hydrogen-bond acceptors (Lipinski definition) is 6. The molecule has 0 saturated heterocycles. The second-order valence-corrected chi connectivity index (χ2v) is 22.7. The minimum Gasteiger partial charge on any atom is -0.271 e. The normalized spacial score (nSPS) is 13.8. The van der Waals surface area contributed by atoms with Crippen molar-refractivity contribution in [3.8, 4) is 0 Å². The molecule has 8 heteroatoms. The summed E-state index contributed by atoms with van der Waals surface area (Å²) in [6.45, 7) is 8.86. The van der Waals surface area contributed by atoms with Crippen LogP contribution >= 0.6 is 23.5 Å². The van der Waals surface area contributed by atoms with Gasteiger partial charge < -0.3 is 0 Å². The third-order valence-electron chi connectivity index (χ3n) is 15.6. The predicted octanol–water partition coefficient (Wildman–Crippen LogP) is 18.1. The van der Waals surface area contributed by atoms with E-state index in [4.69, 9.17) is 0 Å². The van der Waals surface area contributed by atoms with E-state index < -0.39 is 0 Å². The van der Waals surface area contributed by atoms with Gasteiger partial charge in [0, 0.05) is 82.6 Å². The van der Waals surface area contributed by atoms with Crippen LogP contribution in [0.25, 0.3) is 43.1 Å². The number of nitrogens with zero attached hydrogens (tertiary/aromatic N) is 2. The minimum absolute atomic E-state index is 0.157. The molecule has 7 aromatic rings. The van der Waals surface area contributed by atoms with Crippen LogP contribution in [0.2, 0.25) is 0 Å². The lowest BCUT2D eigenvalue weighted by molar-refractivity contribution is 0.0501. The molecule has 4 amide bonds. The lowest BCUT2D eigenvalue weighted by Gasteiger charge is -2.36. The summed E-state index contributed by atoms with van der Waals surface area (Å²) in [7, 11) is 0. The van der Waals surface area contributed by atoms with Gasteiger partial charge in [0.25, 0.3) is 23.6 Å². The maximum Gasteiger partial charge on any atom is 0.261 e. The minimum atomic E-state index is -0.198. The Hall–Kier alpha value is -5.18. The molecule has 7 aromatic carbocycles. The SMILES string of the molecule is CCCCCCC(CCCCCC)N1C(=O)c2ccc3c4c(SCc5ccccc5)cc5c6c(cc(SCc7ccccc7)c(c7ccc(c2c37)C1=O)c64)C(=O)N(C(CCCCCC)CCCCCC)C5=O. The van der Waals surface area contributed by atoms with E-state index in [-0.39, 0.29) is 35.7 Å². The molecule has 2 heterocycles. The molecule has 0 unspecified atom stereocenters. The van der Waals surface area contributed by atoms with E-state index in [2.05, 4.69) is 100 Å². The number of unbranched alkanes of at least 4 members (excludes halogenated alkanes) is 12. The molecule has 0 radical (unpaired) electrons. The van der Waals surface area contributed by atoms with E-state index >= 15 is 19.2 Å². The van der Waals surface area contributed by atoms with Crippen molar-refractivity contribution in [2.75, 3.05) is 0 Å². The van der Waals surface area contributed by atoms with E-state index in [9.17, 15) is 0 Å². The molecule has 0 fully saturated rings. The Morgan fingerprint density at radius 3 is 1.07 bits per heavy atom. The zero-order valence-corrected chi connectivity index (χ0v) is 44.9. The van der Waals surface area contributed by atoms with E-state index in [1.54, 1.807) is 33.3 Å². The molecule has 9 rings (SSSR count). The average Bonchev–Trinajstić information content (AvgIpc) is 3.40. The highest BCUT2D eigenvalue weighted by atomic mass is 32.2. The zero-order valence-electron chi connectivity index (χ0n) is 43.3. The number of carbonyl (C=O) groups is 4. The molecular formula is C64H74N2O4S2. The smallest absolute Gasteiger partial charge is 0.261 e. The number of hydrogen-bond donors (Lipinski definition) is 0. The fourth-order valence-electron chi connectivity index (χ4n) is 11.8. The fourth-order valence-corrected chi connectivity index (χ4v) is 14.0. The summed E-state index contributed by atoms with van der Waals surface area (Å²) in [5, 5.41) is 7.09. The van der Waals surface area contributed by atoms with Crippen molar-refractivity contribution in [1.29, 1.82) is 0 Å². The third-order valence-corrected chi connectivity index (χ3v) is 17.8. The maximum absolute atomic E-state index is 15.5. The monoisotopic (exact) mass is 999 g/mol. The number of amides is 4. The lowest BCUT2D eigenvalue weighted by atomic mass is 9.81. The van der Waals surface area contributed by atoms with Crippen LogP contribution in [0, 0.1) is 0 Å². The number of fused-ring (bicyclic) bond motifs is 2. The Kier molecular flexibility index (Phi) is 17.4. The zero-order chi connectivity index (χ0) is 50.1. The number of imide groups is 2. The van der Waals surface area contributed by atoms with E-state index in [0.717, 1.165) is 181 Å². The van der Waals surface area contributed by atoms with Crippen LogP contribution in [0.4, 0.5) is 0 Å². The van der Waals surface area contributed by atoms with Gasteiger partial charge in [-0.3, -0.25) is 29.0 Å². The van der Waals surface area contributed by atoms with Crippen LogP contribution in [0.1, 0.15) is 209 Å². The topological polar surface area (TPSA) is 74.8 Å². The molecule has 0 bridgehead atoms. The predicted molar refractivity (Wildman–Crippen MR) is 303 cm³/mol. The molecular weight excluding hydrogens is 925 g/mol. The molecule has 72 heavy (non-hydrogen) atoms. The average molecular weight is 999 g/mol. The van der Waals surface area contributed by atoms with Gasteiger partial charge in [0.2, 0.25) is 0 Å². The number of thioether (sulfide) groups is 2. The van der Waals surface area contributed by atoms with E-state index in [1.807, 2.05) is 24.3 Å². The van der Waals surface area contributed by atoms with Crippen molar-refractivity contribution in [3.63, 3.8) is 0 Å². The first-order valence-corrected chi connectivity index (χ1v) is 29.7. The highest BCUT2D eigenvalue weighted by Gasteiger charge is 2.42. The summed E-state index contributed by atoms with van der Waals surface area (Å²) in [5.74, 6) is 0.564. The van der Waals surface area contributed by atoms with Crippen LogP contribution in [0.5, 0.6) is 0 Å². The number of carbonyl (C=O) groups excluding carboxylic acids is 4. The van der Waals surface area contributed by atoms with Crippen molar-refractivity contribution in [1.82, 2.24) is 9.80 Å². The molecule has 0 atom stereocenters. The van der Waals surface area contributed by atoms with Gasteiger partial charge in [-0.1, -0.05) is 203 Å². The highest BCUT2D eigenvalue weighted by molar-refractivity contribution is 7.99. The lowest BCUT2D eigenvalue weighted by Crippen LogP contribution is -2.47. The number of rotatable bonds is 28. The van der Waals surface area contributed by atoms with Crippen LogP contribution in [0.15, 0.2) is 107 Å². The van der Waals surface area contributed by atoms with Crippen LogP contribution < -0.4 is 0 Å². The fraction of sp³-hybridized carbons (Fsp3) is 0.438. The Labute approximate surface area is 436 Å². The third kappa shape index (κ3) is 10.5. The Morgan fingerprint density at radius 1 is 0.361 bits per heavy atom. The Bertz CT molecular complexity index is 2850. The van der Waals surface area contributed by atoms with Gasteiger partial charge in [-0.15, -0.1) is 23.5 Å². The summed E-state index contributed by atoms with van der Waals surface area (Å²) in [5.41, 5.74) is 4.67. The van der Waals surface area contributed by atoms with Crippen molar-refractivity contribution in [2.45, 2.75) is 189 Å². The van der Waals surface area contributed by atoms with Gasteiger partial charge in [-0.25, -0.2) is 0 Å². The molecule has 0 saturated carbocycles. The van der Waals surface area contributed by atoms with Crippen LogP contribution in [-0.4, -0.2) is 45.5 Å². The van der Waals surface area contributed by atoms with Gasteiger partial charge in [0.05, 0.1) is 0 Å². The largest absolute Gasteiger partial charge is 0.271 e. The molecule has 0 spiro atoms. The van der Waals surface area contributed by atoms with Crippen molar-refractivity contribution < 1.29 is 19.2 Å². The Morgan fingerprint density at radius 2 is 0.708 bits per heavy atom. The summed E-state index contributed by atoms with van der Waals surface area (Å²) in [6, 6.07) is 32.9. The summed E-state index contributed by atoms with van der Waals surface area (Å²) < 4.78 is 0. The van der Waals surface area contributed by atoms with Gasteiger partial charge in [-0.05, 0) is 77.2 Å². The Balaban J connectivity index is 1.27. The van der Waals surface area contributed by atoms with Gasteiger partial charge >= 0.3 is 0 Å². The molecule has 0 aromatic heterocycles. The van der Waals surface area contributed by atoms with E-state index in [0.29, 0.717) is 33.8 Å². The first-order valence-electron chi connectivity index (χ1n) is 27.7. The molecule has 376 valence electrons. The highest BCUT2D eigenvalue weighted by Crippen LogP contribution is 2.53. The quantitative estimate of drug-likeness (QED) is 0.0160. The summed E-state index contributed by atoms with van der Waals surface area (Å²) in [6.07, 6.45) is 20.6. The van der Waals surface area contributed by atoms with Crippen LogP contribution in [-0.2, 0) is 11.5 Å². The molecule has 2 aliphatic heterocycles. The van der Waals surface area contributed by atoms with E-state index in [1.165, 1.54) is 11.1 Å². The van der Waals surface area contributed by atoms with Crippen molar-refractivity contribution >= 4 is 90.2 Å². The van der Waals surface area contributed by atoms with Gasteiger partial charge in [0.1, 0.15) is 0 Å². The van der Waals surface area contributed by atoms with Gasteiger partial charge in [-0.2, -0.15) is 0 Å². The molecule has 2 aliphatic rings. The van der Waals surface area contributed by atoms with Crippen molar-refractivity contribution in [2.24, 2.45) is 0 Å². The second-order valence-electron chi connectivity index (χ2n) is 20.6. The first-order chi connectivity index (χ1) is 35.3. The molecule has 0 aliphatic carbocycles. The summed E-state index contributed by atoms with van der Waals surface area (Å²) >= 11 is 3.44. The molecule has 6 nitrogen and oxygen atoms in total.